The van der Waals surface area contributed by atoms with E-state index in [-0.39, 0.29) is 12.0 Å². The molecule has 1 atom stereocenters. The molecule has 1 saturated heterocycles. The highest BCUT2D eigenvalue weighted by Crippen LogP contribution is 2.17. The van der Waals surface area contributed by atoms with Gasteiger partial charge in [0.25, 0.3) is 0 Å². The Balaban J connectivity index is 1.82. The second kappa shape index (κ2) is 6.12. The van der Waals surface area contributed by atoms with Gasteiger partial charge in [-0.1, -0.05) is 0 Å². The lowest BCUT2D eigenvalue weighted by molar-refractivity contribution is -0.119. The second-order valence-electron chi connectivity index (χ2n) is 4.11. The number of anilines is 1. The highest BCUT2D eigenvalue weighted by molar-refractivity contribution is 9.10. The van der Waals surface area contributed by atoms with Crippen molar-refractivity contribution in [2.24, 2.45) is 0 Å². The van der Waals surface area contributed by atoms with E-state index in [9.17, 15) is 4.79 Å². The van der Waals surface area contributed by atoms with Gasteiger partial charge in [-0.3, -0.25) is 4.79 Å². The Bertz CT molecular complexity index is 375. The number of pyridine rings is 1. The van der Waals surface area contributed by atoms with Crippen LogP contribution < -0.4 is 5.32 Å². The lowest BCUT2D eigenvalue weighted by atomic mass is 10.1. The fourth-order valence-electron chi connectivity index (χ4n) is 1.84. The Morgan fingerprint density at radius 2 is 2.41 bits per heavy atom. The predicted molar refractivity (Wildman–Crippen MR) is 68.8 cm³/mol. The summed E-state index contributed by atoms with van der Waals surface area (Å²) < 4.78 is 6.28. The quantitative estimate of drug-likeness (QED) is 0.873. The summed E-state index contributed by atoms with van der Waals surface area (Å²) in [7, 11) is 0. The van der Waals surface area contributed by atoms with Gasteiger partial charge in [0.2, 0.25) is 5.91 Å². The number of carbonyl (C=O) groups excluding carboxylic acids is 1. The molecular formula is C12H15BrN2O2. The van der Waals surface area contributed by atoms with Crippen LogP contribution in [0.1, 0.15) is 25.7 Å². The molecule has 4 nitrogen and oxygen atoms in total. The van der Waals surface area contributed by atoms with Crippen LogP contribution in [0, 0.1) is 0 Å². The van der Waals surface area contributed by atoms with E-state index in [1.165, 1.54) is 0 Å². The third kappa shape index (κ3) is 4.09. The molecule has 1 aliphatic rings. The summed E-state index contributed by atoms with van der Waals surface area (Å²) in [6, 6.07) is 3.61. The van der Waals surface area contributed by atoms with Crippen LogP contribution in [0.15, 0.2) is 22.9 Å². The number of hydrogen-bond donors (Lipinski definition) is 1. The molecule has 1 aromatic rings. The van der Waals surface area contributed by atoms with Crippen molar-refractivity contribution >= 4 is 27.5 Å². The van der Waals surface area contributed by atoms with Crippen molar-refractivity contribution in [1.29, 1.82) is 0 Å². The van der Waals surface area contributed by atoms with E-state index < -0.39 is 0 Å². The van der Waals surface area contributed by atoms with Crippen molar-refractivity contribution in [3.8, 4) is 0 Å². The average molecular weight is 299 g/mol. The zero-order valence-corrected chi connectivity index (χ0v) is 11.1. The summed E-state index contributed by atoms with van der Waals surface area (Å²) in [6.07, 6.45) is 5.37. The van der Waals surface area contributed by atoms with Gasteiger partial charge in [0.05, 0.1) is 24.4 Å². The molecule has 1 aliphatic heterocycles. The average Bonchev–Trinajstić information content (AvgIpc) is 2.33. The fourth-order valence-corrected chi connectivity index (χ4v) is 2.07. The first-order valence-corrected chi connectivity index (χ1v) is 6.56. The molecule has 0 radical (unpaired) electrons. The molecule has 0 spiro atoms. The fraction of sp³-hybridized carbons (Fsp3) is 0.500. The SMILES string of the molecule is O=C(CC1CCCCO1)Nc1ccc(Br)nc1. The summed E-state index contributed by atoms with van der Waals surface area (Å²) in [5.74, 6) is -0.0129. The lowest BCUT2D eigenvalue weighted by Crippen LogP contribution is -2.25. The first kappa shape index (κ1) is 12.5. The van der Waals surface area contributed by atoms with E-state index in [1.807, 2.05) is 6.07 Å². The number of amides is 1. The van der Waals surface area contributed by atoms with Crippen LogP contribution in [0.2, 0.25) is 0 Å². The molecule has 17 heavy (non-hydrogen) atoms. The Kier molecular flexibility index (Phi) is 4.50. The highest BCUT2D eigenvalue weighted by Gasteiger charge is 2.17. The first-order chi connectivity index (χ1) is 8.24. The standard InChI is InChI=1S/C12H15BrN2O2/c13-11-5-4-9(8-14-11)15-12(16)7-10-3-1-2-6-17-10/h4-5,8,10H,1-3,6-7H2,(H,15,16). The molecule has 0 bridgehead atoms. The third-order valence-electron chi connectivity index (χ3n) is 2.70. The number of aromatic nitrogens is 1. The molecule has 1 unspecified atom stereocenters. The van der Waals surface area contributed by atoms with E-state index in [0.717, 1.165) is 30.5 Å². The Hall–Kier alpha value is -0.940. The Morgan fingerprint density at radius 1 is 1.53 bits per heavy atom. The number of halogens is 1. The van der Waals surface area contributed by atoms with Gasteiger partial charge in [-0.15, -0.1) is 0 Å². The Morgan fingerprint density at radius 3 is 3.06 bits per heavy atom. The van der Waals surface area contributed by atoms with Crippen LogP contribution in [0.3, 0.4) is 0 Å². The minimum Gasteiger partial charge on any atom is -0.378 e. The van der Waals surface area contributed by atoms with E-state index in [4.69, 9.17) is 4.74 Å². The summed E-state index contributed by atoms with van der Waals surface area (Å²) in [5, 5.41) is 2.81. The normalized spacial score (nSPS) is 19.9. The number of nitrogens with one attached hydrogen (secondary N) is 1. The molecule has 1 aromatic heterocycles. The lowest BCUT2D eigenvalue weighted by Gasteiger charge is -2.21. The smallest absolute Gasteiger partial charge is 0.227 e. The largest absolute Gasteiger partial charge is 0.378 e. The summed E-state index contributed by atoms with van der Waals surface area (Å²) in [5.41, 5.74) is 0.717. The molecule has 0 aromatic carbocycles. The second-order valence-corrected chi connectivity index (χ2v) is 4.92. The van der Waals surface area contributed by atoms with Crippen molar-refractivity contribution < 1.29 is 9.53 Å². The van der Waals surface area contributed by atoms with Gasteiger partial charge in [0.15, 0.2) is 0 Å². The van der Waals surface area contributed by atoms with Crippen molar-refractivity contribution in [3.05, 3.63) is 22.9 Å². The summed E-state index contributed by atoms with van der Waals surface area (Å²) in [4.78, 5) is 15.8. The molecule has 0 saturated carbocycles. The highest BCUT2D eigenvalue weighted by atomic mass is 79.9. The molecule has 1 N–H and O–H groups in total. The monoisotopic (exact) mass is 298 g/mol. The van der Waals surface area contributed by atoms with Crippen molar-refractivity contribution in [2.45, 2.75) is 31.8 Å². The van der Waals surface area contributed by atoms with Gasteiger partial charge in [0.1, 0.15) is 4.60 Å². The van der Waals surface area contributed by atoms with Crippen LogP contribution in [-0.2, 0) is 9.53 Å². The van der Waals surface area contributed by atoms with Crippen LogP contribution in [0.25, 0.3) is 0 Å². The number of nitrogens with zero attached hydrogens (tertiary/aromatic N) is 1. The topological polar surface area (TPSA) is 51.2 Å². The number of hydrogen-bond acceptors (Lipinski definition) is 3. The minimum atomic E-state index is -0.0129. The first-order valence-electron chi connectivity index (χ1n) is 5.77. The molecule has 5 heteroatoms. The van der Waals surface area contributed by atoms with Gasteiger partial charge in [-0.05, 0) is 47.3 Å². The molecule has 2 rings (SSSR count). The predicted octanol–water partition coefficient (Wildman–Crippen LogP) is 2.74. The third-order valence-corrected chi connectivity index (χ3v) is 3.17. The number of ether oxygens (including phenoxy) is 1. The zero-order chi connectivity index (χ0) is 12.1. The Labute approximate surface area is 109 Å². The van der Waals surface area contributed by atoms with Crippen LogP contribution in [0.5, 0.6) is 0 Å². The van der Waals surface area contributed by atoms with Gasteiger partial charge >= 0.3 is 0 Å². The maximum Gasteiger partial charge on any atom is 0.227 e. The van der Waals surface area contributed by atoms with Crippen molar-refractivity contribution in [1.82, 2.24) is 4.98 Å². The number of rotatable bonds is 3. The van der Waals surface area contributed by atoms with Crippen molar-refractivity contribution in [3.63, 3.8) is 0 Å². The van der Waals surface area contributed by atoms with Crippen LogP contribution >= 0.6 is 15.9 Å². The van der Waals surface area contributed by atoms with E-state index in [0.29, 0.717) is 12.1 Å². The number of carbonyl (C=O) groups is 1. The summed E-state index contributed by atoms with van der Waals surface area (Å²) >= 11 is 3.25. The molecule has 92 valence electrons. The van der Waals surface area contributed by atoms with E-state index in [1.54, 1.807) is 12.3 Å². The molecule has 1 amide bonds. The van der Waals surface area contributed by atoms with Gasteiger partial charge in [-0.25, -0.2) is 4.98 Å². The molecular weight excluding hydrogens is 284 g/mol. The maximum atomic E-state index is 11.7. The zero-order valence-electron chi connectivity index (χ0n) is 9.49. The van der Waals surface area contributed by atoms with Gasteiger partial charge < -0.3 is 10.1 Å². The van der Waals surface area contributed by atoms with Gasteiger partial charge in [0, 0.05) is 6.61 Å². The molecule has 1 fully saturated rings. The van der Waals surface area contributed by atoms with Crippen molar-refractivity contribution in [2.75, 3.05) is 11.9 Å². The molecule has 2 heterocycles. The molecule has 0 aliphatic carbocycles. The van der Waals surface area contributed by atoms with Crippen LogP contribution in [-0.4, -0.2) is 23.6 Å². The summed E-state index contributed by atoms with van der Waals surface area (Å²) in [6.45, 7) is 0.776. The van der Waals surface area contributed by atoms with Crippen LogP contribution in [0.4, 0.5) is 5.69 Å². The van der Waals surface area contributed by atoms with Gasteiger partial charge in [-0.2, -0.15) is 0 Å². The minimum absolute atomic E-state index is 0.0129. The van der Waals surface area contributed by atoms with E-state index in [2.05, 4.69) is 26.2 Å². The van der Waals surface area contributed by atoms with E-state index >= 15 is 0 Å². The maximum absolute atomic E-state index is 11.7.